The zero-order chi connectivity index (χ0) is 10.8. The molecule has 8 heteroatoms. The predicted octanol–water partition coefficient (Wildman–Crippen LogP) is 1.22. The van der Waals surface area contributed by atoms with Crippen LogP contribution in [0.5, 0.6) is 0 Å². The summed E-state index contributed by atoms with van der Waals surface area (Å²) < 4.78 is 25.5. The summed E-state index contributed by atoms with van der Waals surface area (Å²) >= 11 is 0. The Balaban J connectivity index is 2.79. The molecule has 1 aliphatic rings. The first-order valence-corrected chi connectivity index (χ1v) is 6.55. The van der Waals surface area contributed by atoms with E-state index < -0.39 is 27.7 Å². The summed E-state index contributed by atoms with van der Waals surface area (Å²) in [6, 6.07) is 0. The van der Waals surface area contributed by atoms with Gasteiger partial charge in [-0.05, 0) is 21.9 Å². The maximum Gasteiger partial charge on any atom is 0.702 e. The number of aliphatic hydroxyl groups is 1. The van der Waals surface area contributed by atoms with Gasteiger partial charge in [0.1, 0.15) is 0 Å². The quantitative estimate of drug-likeness (QED) is 0.505. The first kappa shape index (κ1) is 12.1. The highest BCUT2D eigenvalue weighted by Gasteiger charge is 2.63. The normalized spacial score (nSPS) is 24.5. The summed E-state index contributed by atoms with van der Waals surface area (Å²) in [5.74, 6) is -0.540. The van der Waals surface area contributed by atoms with Crippen LogP contribution in [-0.4, -0.2) is 20.4 Å². The van der Waals surface area contributed by atoms with Gasteiger partial charge in [-0.1, -0.05) is 12.8 Å². The lowest BCUT2D eigenvalue weighted by atomic mass is 10.1. The van der Waals surface area contributed by atoms with E-state index >= 15 is 0 Å². The molecule has 3 unspecified atom stereocenters. The molecule has 14 heavy (non-hydrogen) atoms. The van der Waals surface area contributed by atoms with E-state index in [-0.39, 0.29) is 0 Å². The van der Waals surface area contributed by atoms with Gasteiger partial charge in [0.05, 0.1) is 5.92 Å². The summed E-state index contributed by atoms with van der Waals surface area (Å²) in [4.78, 5) is 17.4. The Kier molecular flexibility index (Phi) is 4.07. The van der Waals surface area contributed by atoms with Crippen LogP contribution >= 0.6 is 16.3 Å². The third-order valence-electron chi connectivity index (χ3n) is 2.37. The van der Waals surface area contributed by atoms with Gasteiger partial charge in [-0.25, -0.2) is 0 Å². The Morgan fingerprint density at radius 2 is 1.71 bits per heavy atom. The summed E-state index contributed by atoms with van der Waals surface area (Å²) in [6.45, 7) is 0. The molecule has 0 radical (unpaired) electrons. The van der Waals surface area contributed by atoms with Crippen molar-refractivity contribution in [3.8, 4) is 0 Å². The van der Waals surface area contributed by atoms with Gasteiger partial charge in [-0.2, -0.15) is 4.89 Å². The molecule has 0 saturated heterocycles. The van der Waals surface area contributed by atoms with Crippen LogP contribution in [0.1, 0.15) is 25.7 Å². The van der Waals surface area contributed by atoms with Gasteiger partial charge in [0, 0.05) is 4.57 Å². The molecule has 1 saturated carbocycles. The standard InChI is InChI=1S/C6H10O6P2/c7-6(13(8)9,12-14(10)11)5-3-1-2-4-5/h5,7H,1-4H2/p+2. The number of rotatable bonds is 4. The van der Waals surface area contributed by atoms with Crippen molar-refractivity contribution < 1.29 is 28.5 Å². The lowest BCUT2D eigenvalue weighted by Crippen LogP contribution is -2.33. The zero-order valence-corrected chi connectivity index (χ0v) is 9.16. The van der Waals surface area contributed by atoms with Crippen LogP contribution < -0.4 is 0 Å². The van der Waals surface area contributed by atoms with E-state index in [1.54, 1.807) is 0 Å². The van der Waals surface area contributed by atoms with Crippen molar-refractivity contribution in [1.82, 2.24) is 0 Å². The number of hydrogen-bond donors (Lipinski definition) is 3. The molecule has 0 heterocycles. The lowest BCUT2D eigenvalue weighted by Gasteiger charge is -2.14. The third kappa shape index (κ3) is 2.54. The minimum absolute atomic E-state index is 0.529. The van der Waals surface area contributed by atoms with Gasteiger partial charge in [0.15, 0.2) is 0 Å². The van der Waals surface area contributed by atoms with Crippen LogP contribution in [0.3, 0.4) is 0 Å². The molecule has 1 fully saturated rings. The second-order valence-electron chi connectivity index (χ2n) is 3.24. The highest BCUT2D eigenvalue weighted by molar-refractivity contribution is 7.41. The monoisotopic (exact) mass is 242 g/mol. The molecule has 0 amide bonds. The Bertz CT molecular complexity index is 251. The van der Waals surface area contributed by atoms with E-state index in [4.69, 9.17) is 9.79 Å². The van der Waals surface area contributed by atoms with Crippen molar-refractivity contribution in [3.05, 3.63) is 0 Å². The van der Waals surface area contributed by atoms with Crippen LogP contribution in [-0.2, 0) is 13.7 Å². The fourth-order valence-corrected chi connectivity index (χ4v) is 3.12. The molecule has 0 aromatic rings. The van der Waals surface area contributed by atoms with Gasteiger partial charge in [-0.3, -0.25) is 0 Å². The summed E-state index contributed by atoms with van der Waals surface area (Å²) in [6.07, 6.45) is 2.70. The van der Waals surface area contributed by atoms with E-state index in [0.717, 1.165) is 12.8 Å². The Morgan fingerprint density at radius 3 is 2.07 bits per heavy atom. The van der Waals surface area contributed by atoms with Crippen molar-refractivity contribution in [2.75, 3.05) is 0 Å². The molecule has 0 aromatic heterocycles. The maximum atomic E-state index is 10.9. The van der Waals surface area contributed by atoms with E-state index in [1.165, 1.54) is 0 Å². The second-order valence-corrected chi connectivity index (χ2v) is 5.09. The first-order valence-electron chi connectivity index (χ1n) is 4.20. The Morgan fingerprint density at radius 1 is 1.21 bits per heavy atom. The molecule has 0 aliphatic heterocycles. The van der Waals surface area contributed by atoms with E-state index in [0.29, 0.717) is 12.8 Å². The molecule has 6 nitrogen and oxygen atoms in total. The topological polar surface area (TPSA) is 104 Å². The van der Waals surface area contributed by atoms with Crippen LogP contribution in [0.4, 0.5) is 0 Å². The summed E-state index contributed by atoms with van der Waals surface area (Å²) in [7, 11) is -6.13. The Hall–Kier alpha value is 0.0400. The third-order valence-corrected chi connectivity index (χ3v) is 3.96. The van der Waals surface area contributed by atoms with Gasteiger partial charge in [0.25, 0.3) is 0 Å². The minimum atomic E-state index is -3.08. The molecule has 1 rings (SSSR count). The van der Waals surface area contributed by atoms with Gasteiger partial charge < -0.3 is 5.11 Å². The molecule has 1 aliphatic carbocycles. The van der Waals surface area contributed by atoms with Crippen LogP contribution in [0.25, 0.3) is 0 Å². The highest BCUT2D eigenvalue weighted by Crippen LogP contribution is 2.50. The fourth-order valence-electron chi connectivity index (χ4n) is 1.68. The zero-order valence-electron chi connectivity index (χ0n) is 7.37. The molecule has 3 N–H and O–H groups in total. The summed E-state index contributed by atoms with van der Waals surface area (Å²) in [5.41, 5.74) is -2.37. The van der Waals surface area contributed by atoms with Gasteiger partial charge in [0.2, 0.25) is 0 Å². The molecule has 3 atom stereocenters. The fraction of sp³-hybridized carbons (Fsp3) is 1.00. The van der Waals surface area contributed by atoms with Crippen molar-refractivity contribution >= 4 is 16.3 Å². The average Bonchev–Trinajstić information content (AvgIpc) is 2.53. The summed E-state index contributed by atoms with van der Waals surface area (Å²) in [5, 5.41) is 9.66. The van der Waals surface area contributed by atoms with Crippen molar-refractivity contribution in [1.29, 1.82) is 0 Å². The van der Waals surface area contributed by atoms with Crippen LogP contribution in [0, 0.1) is 5.92 Å². The first-order chi connectivity index (χ1) is 6.47. The smallest absolute Gasteiger partial charge is 0.321 e. The Labute approximate surface area is 82.7 Å². The molecular formula is C6H12O6P2+2. The maximum absolute atomic E-state index is 10.9. The molecular weight excluding hydrogens is 230 g/mol. The molecule has 0 bridgehead atoms. The largest absolute Gasteiger partial charge is 0.702 e. The van der Waals surface area contributed by atoms with E-state index in [9.17, 15) is 14.2 Å². The molecule has 80 valence electrons. The predicted molar refractivity (Wildman–Crippen MR) is 47.6 cm³/mol. The van der Waals surface area contributed by atoms with E-state index in [1.807, 2.05) is 0 Å². The van der Waals surface area contributed by atoms with Crippen molar-refractivity contribution in [2.45, 2.75) is 31.2 Å². The van der Waals surface area contributed by atoms with Gasteiger partial charge in [-0.15, -0.1) is 4.89 Å². The second kappa shape index (κ2) is 4.71. The lowest BCUT2D eigenvalue weighted by molar-refractivity contribution is -0.109. The van der Waals surface area contributed by atoms with Crippen molar-refractivity contribution in [2.24, 2.45) is 5.92 Å². The SMILES string of the molecule is O=[P+](O)OC(O)(C1CCCC1)[P+](=O)O. The highest BCUT2D eigenvalue weighted by atomic mass is 31.1. The van der Waals surface area contributed by atoms with E-state index in [2.05, 4.69) is 4.52 Å². The van der Waals surface area contributed by atoms with Gasteiger partial charge >= 0.3 is 21.8 Å². The van der Waals surface area contributed by atoms with Crippen molar-refractivity contribution in [3.63, 3.8) is 0 Å². The number of hydrogen-bond acceptors (Lipinski definition) is 4. The molecule has 0 spiro atoms. The minimum Gasteiger partial charge on any atom is -0.321 e. The average molecular weight is 242 g/mol. The van der Waals surface area contributed by atoms with Crippen LogP contribution in [0.15, 0.2) is 0 Å². The molecule has 0 aromatic carbocycles. The van der Waals surface area contributed by atoms with Crippen LogP contribution in [0.2, 0.25) is 0 Å².